The first-order valence-corrected chi connectivity index (χ1v) is 10.8. The van der Waals surface area contributed by atoms with E-state index in [0.717, 1.165) is 18.2 Å². The molecule has 3 aromatic rings. The minimum Gasteiger partial charge on any atom is -0.326 e. The summed E-state index contributed by atoms with van der Waals surface area (Å²) in [6.07, 6.45) is 0. The zero-order valence-electron chi connectivity index (χ0n) is 16.1. The van der Waals surface area contributed by atoms with E-state index in [9.17, 15) is 22.4 Å². The monoisotopic (exact) mass is 461 g/mol. The van der Waals surface area contributed by atoms with E-state index in [1.54, 1.807) is 24.3 Å². The summed E-state index contributed by atoms with van der Waals surface area (Å²) in [5, 5.41) is 5.27. The van der Waals surface area contributed by atoms with Crippen molar-refractivity contribution in [3.8, 4) is 0 Å². The number of rotatable bonds is 6. The van der Waals surface area contributed by atoms with E-state index < -0.39 is 21.7 Å². The lowest BCUT2D eigenvalue weighted by Crippen LogP contribution is -2.15. The maximum atomic E-state index is 14.5. The second-order valence-electron chi connectivity index (χ2n) is 6.47. The molecule has 0 radical (unpaired) electrons. The predicted molar refractivity (Wildman–Crippen MR) is 117 cm³/mol. The lowest BCUT2D eigenvalue weighted by atomic mass is 10.2. The van der Waals surface area contributed by atoms with E-state index in [1.807, 2.05) is 0 Å². The van der Waals surface area contributed by atoms with Crippen molar-refractivity contribution in [1.82, 2.24) is 0 Å². The molecule has 3 rings (SSSR count). The molecule has 2 amide bonds. The highest BCUT2D eigenvalue weighted by atomic mass is 35.5. The van der Waals surface area contributed by atoms with Gasteiger partial charge in [0.05, 0.1) is 16.3 Å². The fraction of sp³-hybridized carbons (Fsp3) is 0.0476. The molecular formula is C21H17ClFN3O4S. The normalized spacial score (nSPS) is 10.9. The summed E-state index contributed by atoms with van der Waals surface area (Å²) < 4.78 is 42.0. The van der Waals surface area contributed by atoms with Crippen LogP contribution >= 0.6 is 11.6 Å². The minimum atomic E-state index is -4.12. The molecule has 160 valence electrons. The molecule has 7 nitrogen and oxygen atoms in total. The summed E-state index contributed by atoms with van der Waals surface area (Å²) >= 11 is 5.85. The second kappa shape index (κ2) is 9.15. The van der Waals surface area contributed by atoms with Crippen molar-refractivity contribution in [3.63, 3.8) is 0 Å². The average Bonchev–Trinajstić information content (AvgIpc) is 2.68. The van der Waals surface area contributed by atoms with Crippen LogP contribution in [-0.2, 0) is 14.8 Å². The summed E-state index contributed by atoms with van der Waals surface area (Å²) in [4.78, 5) is 23.1. The van der Waals surface area contributed by atoms with Crippen molar-refractivity contribution in [3.05, 3.63) is 83.1 Å². The standard InChI is InChI=1S/C21H17ClFN3O4S/c1-13(27)24-16-6-3-7-17(11-16)26-31(29,30)18-8-9-20(19(23)12-18)25-21(28)14-4-2-5-15(22)10-14/h2-12,26H,1H3,(H,24,27)(H,25,28). The van der Waals surface area contributed by atoms with Gasteiger partial charge in [-0.25, -0.2) is 12.8 Å². The van der Waals surface area contributed by atoms with Crippen molar-refractivity contribution in [2.75, 3.05) is 15.4 Å². The predicted octanol–water partition coefficient (Wildman–Crippen LogP) is 4.49. The van der Waals surface area contributed by atoms with E-state index in [0.29, 0.717) is 10.7 Å². The Hall–Kier alpha value is -3.43. The summed E-state index contributed by atoms with van der Waals surface area (Å²) in [6, 6.07) is 15.3. The van der Waals surface area contributed by atoms with Crippen LogP contribution in [0.4, 0.5) is 21.5 Å². The Balaban J connectivity index is 1.78. The van der Waals surface area contributed by atoms with Gasteiger partial charge in [-0.1, -0.05) is 23.7 Å². The number of anilines is 3. The Labute approximate surface area is 183 Å². The van der Waals surface area contributed by atoms with Gasteiger partial charge in [-0.2, -0.15) is 0 Å². The van der Waals surface area contributed by atoms with Crippen molar-refractivity contribution >= 4 is 50.5 Å². The molecule has 3 aromatic carbocycles. The van der Waals surface area contributed by atoms with Gasteiger partial charge in [-0.3, -0.25) is 14.3 Å². The van der Waals surface area contributed by atoms with Gasteiger partial charge in [0, 0.05) is 23.2 Å². The lowest BCUT2D eigenvalue weighted by molar-refractivity contribution is -0.114. The number of nitrogens with one attached hydrogen (secondary N) is 3. The maximum absolute atomic E-state index is 14.5. The molecule has 0 aliphatic heterocycles. The largest absolute Gasteiger partial charge is 0.326 e. The van der Waals surface area contributed by atoms with Gasteiger partial charge < -0.3 is 10.6 Å². The average molecular weight is 462 g/mol. The molecular weight excluding hydrogens is 445 g/mol. The summed E-state index contributed by atoms with van der Waals surface area (Å²) in [5.74, 6) is -1.83. The first-order valence-electron chi connectivity index (χ1n) is 8.91. The number of hydrogen-bond donors (Lipinski definition) is 3. The maximum Gasteiger partial charge on any atom is 0.261 e. The van der Waals surface area contributed by atoms with Crippen LogP contribution in [0.15, 0.2) is 71.6 Å². The molecule has 0 heterocycles. The van der Waals surface area contributed by atoms with E-state index in [2.05, 4.69) is 15.4 Å². The third-order valence-electron chi connectivity index (χ3n) is 4.02. The zero-order chi connectivity index (χ0) is 22.6. The molecule has 0 bridgehead atoms. The topological polar surface area (TPSA) is 104 Å². The van der Waals surface area contributed by atoms with Crippen molar-refractivity contribution < 1.29 is 22.4 Å². The highest BCUT2D eigenvalue weighted by molar-refractivity contribution is 7.92. The summed E-state index contributed by atoms with van der Waals surface area (Å²) in [7, 11) is -4.12. The van der Waals surface area contributed by atoms with Crippen LogP contribution in [0.25, 0.3) is 0 Å². The van der Waals surface area contributed by atoms with Crippen molar-refractivity contribution in [2.45, 2.75) is 11.8 Å². The van der Waals surface area contributed by atoms with Gasteiger partial charge in [-0.15, -0.1) is 0 Å². The molecule has 0 spiro atoms. The van der Waals surface area contributed by atoms with Crippen LogP contribution in [0.3, 0.4) is 0 Å². The first-order chi connectivity index (χ1) is 14.6. The Kier molecular flexibility index (Phi) is 6.57. The lowest BCUT2D eigenvalue weighted by Gasteiger charge is -2.12. The van der Waals surface area contributed by atoms with Gasteiger partial charge in [0.2, 0.25) is 5.91 Å². The Morgan fingerprint density at radius 2 is 1.61 bits per heavy atom. The molecule has 0 aliphatic carbocycles. The van der Waals surface area contributed by atoms with Crippen LogP contribution in [0.2, 0.25) is 5.02 Å². The molecule has 10 heteroatoms. The highest BCUT2D eigenvalue weighted by Crippen LogP contribution is 2.23. The molecule has 0 aliphatic rings. The van der Waals surface area contributed by atoms with E-state index in [1.165, 1.54) is 31.2 Å². The minimum absolute atomic E-state index is 0.184. The van der Waals surface area contributed by atoms with E-state index in [-0.39, 0.29) is 27.7 Å². The third kappa shape index (κ3) is 5.80. The molecule has 0 fully saturated rings. The van der Waals surface area contributed by atoms with Gasteiger partial charge in [0.25, 0.3) is 15.9 Å². The van der Waals surface area contributed by atoms with E-state index >= 15 is 0 Å². The molecule has 31 heavy (non-hydrogen) atoms. The number of halogens is 2. The molecule has 0 atom stereocenters. The molecule has 0 saturated carbocycles. The van der Waals surface area contributed by atoms with Gasteiger partial charge in [0.15, 0.2) is 0 Å². The molecule has 0 unspecified atom stereocenters. The number of carbonyl (C=O) groups excluding carboxylic acids is 2. The number of sulfonamides is 1. The van der Waals surface area contributed by atoms with Crippen molar-refractivity contribution in [1.29, 1.82) is 0 Å². The summed E-state index contributed by atoms with van der Waals surface area (Å²) in [5.41, 5.74) is 0.629. The van der Waals surface area contributed by atoms with Crippen LogP contribution in [0.5, 0.6) is 0 Å². The fourth-order valence-electron chi connectivity index (χ4n) is 2.67. The summed E-state index contributed by atoms with van der Waals surface area (Å²) in [6.45, 7) is 1.33. The van der Waals surface area contributed by atoms with Gasteiger partial charge >= 0.3 is 0 Å². The Bertz CT molecular complexity index is 1260. The molecule has 3 N–H and O–H groups in total. The number of amides is 2. The number of carbonyl (C=O) groups is 2. The Morgan fingerprint density at radius 3 is 2.29 bits per heavy atom. The Morgan fingerprint density at radius 1 is 0.903 bits per heavy atom. The highest BCUT2D eigenvalue weighted by Gasteiger charge is 2.18. The zero-order valence-corrected chi connectivity index (χ0v) is 17.7. The SMILES string of the molecule is CC(=O)Nc1cccc(NS(=O)(=O)c2ccc(NC(=O)c3cccc(Cl)c3)c(F)c2)c1. The van der Waals surface area contributed by atoms with Gasteiger partial charge in [0.1, 0.15) is 5.82 Å². The van der Waals surface area contributed by atoms with Crippen molar-refractivity contribution in [2.24, 2.45) is 0 Å². The fourth-order valence-corrected chi connectivity index (χ4v) is 3.92. The first kappa shape index (κ1) is 22.3. The van der Waals surface area contributed by atoms with Crippen LogP contribution in [-0.4, -0.2) is 20.2 Å². The number of benzene rings is 3. The van der Waals surface area contributed by atoms with Crippen LogP contribution in [0, 0.1) is 5.82 Å². The van der Waals surface area contributed by atoms with Crippen LogP contribution in [0.1, 0.15) is 17.3 Å². The molecule has 0 aromatic heterocycles. The second-order valence-corrected chi connectivity index (χ2v) is 8.59. The van der Waals surface area contributed by atoms with Gasteiger partial charge in [-0.05, 0) is 54.6 Å². The smallest absolute Gasteiger partial charge is 0.261 e. The van der Waals surface area contributed by atoms with E-state index in [4.69, 9.17) is 11.6 Å². The quantitative estimate of drug-likeness (QED) is 0.503. The molecule has 0 saturated heterocycles. The third-order valence-corrected chi connectivity index (χ3v) is 5.64. The van der Waals surface area contributed by atoms with Crippen LogP contribution < -0.4 is 15.4 Å². The number of hydrogen-bond acceptors (Lipinski definition) is 4.